The summed E-state index contributed by atoms with van der Waals surface area (Å²) in [7, 11) is -4.38. The van der Waals surface area contributed by atoms with Crippen LogP contribution in [0, 0.1) is 0 Å². The first-order valence-corrected chi connectivity index (χ1v) is 27.0. The Hall–Kier alpha value is -1.77. The minimum atomic E-state index is -4.38. The van der Waals surface area contributed by atoms with Crippen molar-refractivity contribution in [3.63, 3.8) is 0 Å². The van der Waals surface area contributed by atoms with E-state index in [1.807, 2.05) is 0 Å². The predicted octanol–water partition coefficient (Wildman–Crippen LogP) is 15.3. The lowest BCUT2D eigenvalue weighted by atomic mass is 10.0. The van der Waals surface area contributed by atoms with Crippen LogP contribution in [0.25, 0.3) is 0 Å². The summed E-state index contributed by atoms with van der Waals surface area (Å²) in [5.41, 5.74) is 5.37. The number of phosphoric acid groups is 1. The summed E-state index contributed by atoms with van der Waals surface area (Å²) in [5, 5.41) is 0. The second kappa shape index (κ2) is 47.7. The van der Waals surface area contributed by atoms with E-state index < -0.39 is 26.5 Å². The zero-order valence-electron chi connectivity index (χ0n) is 39.7. The van der Waals surface area contributed by atoms with Gasteiger partial charge in [-0.05, 0) is 70.6 Å². The monoisotopic (exact) mass is 882 g/mol. The van der Waals surface area contributed by atoms with Crippen molar-refractivity contribution in [2.45, 2.75) is 251 Å². The Bertz CT molecular complexity index is 1100. The molecule has 0 aromatic carbocycles. The van der Waals surface area contributed by atoms with Gasteiger partial charge in [0.2, 0.25) is 0 Å². The molecule has 0 saturated carbocycles. The van der Waals surface area contributed by atoms with E-state index in [-0.39, 0.29) is 38.6 Å². The molecular formula is C51H96NO8P. The van der Waals surface area contributed by atoms with Crippen molar-refractivity contribution in [1.29, 1.82) is 0 Å². The van der Waals surface area contributed by atoms with Crippen LogP contribution in [-0.2, 0) is 32.7 Å². The summed E-state index contributed by atoms with van der Waals surface area (Å²) in [4.78, 5) is 35.0. The maximum atomic E-state index is 12.6. The number of hydrogen-bond donors (Lipinski definition) is 2. The van der Waals surface area contributed by atoms with Crippen LogP contribution < -0.4 is 5.73 Å². The Balaban J connectivity index is 4.04. The first kappa shape index (κ1) is 59.2. The van der Waals surface area contributed by atoms with Crippen molar-refractivity contribution in [3.05, 3.63) is 36.5 Å². The largest absolute Gasteiger partial charge is 0.472 e. The number of carbonyl (C=O) groups excluding carboxylic acids is 2. The molecule has 1 unspecified atom stereocenters. The van der Waals surface area contributed by atoms with E-state index in [1.54, 1.807) is 0 Å². The van der Waals surface area contributed by atoms with Crippen LogP contribution in [0.2, 0.25) is 0 Å². The molecule has 0 aromatic rings. The van der Waals surface area contributed by atoms with Crippen molar-refractivity contribution in [1.82, 2.24) is 0 Å². The molecule has 0 radical (unpaired) electrons. The van der Waals surface area contributed by atoms with Gasteiger partial charge in [-0.3, -0.25) is 18.6 Å². The fraction of sp³-hybridized carbons (Fsp3) is 0.843. The molecule has 0 spiro atoms. The first-order chi connectivity index (χ1) is 29.8. The third-order valence-corrected chi connectivity index (χ3v) is 12.0. The van der Waals surface area contributed by atoms with Crippen molar-refractivity contribution >= 4 is 19.8 Å². The highest BCUT2D eigenvalue weighted by Gasteiger charge is 2.26. The van der Waals surface area contributed by atoms with E-state index >= 15 is 0 Å². The van der Waals surface area contributed by atoms with Crippen LogP contribution in [0.4, 0.5) is 0 Å². The molecule has 2 atom stereocenters. The second-order valence-electron chi connectivity index (χ2n) is 17.0. The van der Waals surface area contributed by atoms with E-state index in [2.05, 4.69) is 50.3 Å². The van der Waals surface area contributed by atoms with Crippen molar-refractivity contribution in [3.8, 4) is 0 Å². The van der Waals surface area contributed by atoms with Crippen LogP contribution in [-0.4, -0.2) is 49.3 Å². The van der Waals surface area contributed by atoms with E-state index in [4.69, 9.17) is 24.3 Å². The Labute approximate surface area is 375 Å². The average Bonchev–Trinajstić information content (AvgIpc) is 3.25. The molecule has 61 heavy (non-hydrogen) atoms. The molecule has 0 rings (SSSR count). The van der Waals surface area contributed by atoms with Gasteiger partial charge < -0.3 is 20.1 Å². The van der Waals surface area contributed by atoms with Crippen molar-refractivity contribution < 1.29 is 37.6 Å². The normalized spacial score (nSPS) is 13.4. The second-order valence-corrected chi connectivity index (χ2v) is 18.5. The molecule has 0 aliphatic carbocycles. The maximum Gasteiger partial charge on any atom is 0.472 e. The maximum absolute atomic E-state index is 12.6. The van der Waals surface area contributed by atoms with Gasteiger partial charge in [-0.1, -0.05) is 198 Å². The smallest absolute Gasteiger partial charge is 0.462 e. The van der Waals surface area contributed by atoms with Crippen LogP contribution >= 0.6 is 7.82 Å². The highest BCUT2D eigenvalue weighted by atomic mass is 31.2. The number of esters is 2. The number of allylic oxidation sites excluding steroid dienone is 6. The highest BCUT2D eigenvalue weighted by Crippen LogP contribution is 2.43. The fourth-order valence-corrected chi connectivity index (χ4v) is 7.96. The minimum absolute atomic E-state index is 0.0529. The number of nitrogens with two attached hydrogens (primary N) is 1. The van der Waals surface area contributed by atoms with Gasteiger partial charge in [0.25, 0.3) is 0 Å². The number of rotatable bonds is 48. The zero-order chi connectivity index (χ0) is 44.6. The Morgan fingerprint density at radius 2 is 0.852 bits per heavy atom. The number of phosphoric ester groups is 1. The third kappa shape index (κ3) is 47.5. The summed E-state index contributed by atoms with van der Waals surface area (Å²) in [6.07, 6.45) is 54.6. The number of ether oxygens (including phenoxy) is 2. The van der Waals surface area contributed by atoms with Gasteiger partial charge in [-0.2, -0.15) is 0 Å². The summed E-state index contributed by atoms with van der Waals surface area (Å²) in [5.74, 6) is -0.826. The molecule has 0 saturated heterocycles. The summed E-state index contributed by atoms with van der Waals surface area (Å²) < 4.78 is 32.9. The quantitative estimate of drug-likeness (QED) is 0.0265. The van der Waals surface area contributed by atoms with Gasteiger partial charge in [0.05, 0.1) is 13.2 Å². The number of carbonyl (C=O) groups is 2. The standard InChI is InChI=1S/C51H96NO8P/c1-3-5-7-9-11-13-15-17-19-21-23-24-26-27-29-31-33-35-37-39-41-43-50(53)57-47-49(48-59-61(55,56)58-46-45-52)60-51(54)44-42-40-38-36-34-32-30-28-25-22-20-18-16-14-12-10-8-6-4-2/h12,14,17-20,49H,3-11,13,15-16,21-48,52H2,1-2H3,(H,55,56)/t49-/m1/s1. The number of hydrogen-bond acceptors (Lipinski definition) is 8. The zero-order valence-corrected chi connectivity index (χ0v) is 40.5. The lowest BCUT2D eigenvalue weighted by molar-refractivity contribution is -0.161. The lowest BCUT2D eigenvalue weighted by Gasteiger charge is -2.19. The number of unbranched alkanes of at least 4 members (excludes halogenated alkanes) is 29. The first-order valence-electron chi connectivity index (χ1n) is 25.5. The molecular weight excluding hydrogens is 786 g/mol. The summed E-state index contributed by atoms with van der Waals surface area (Å²) in [6.45, 7) is 3.73. The van der Waals surface area contributed by atoms with Crippen LogP contribution in [0.1, 0.15) is 245 Å². The molecule has 358 valence electrons. The van der Waals surface area contributed by atoms with Gasteiger partial charge in [-0.15, -0.1) is 0 Å². The predicted molar refractivity (Wildman–Crippen MR) is 257 cm³/mol. The van der Waals surface area contributed by atoms with E-state index in [0.717, 1.165) is 51.4 Å². The average molecular weight is 882 g/mol. The Morgan fingerprint density at radius 1 is 0.492 bits per heavy atom. The lowest BCUT2D eigenvalue weighted by Crippen LogP contribution is -2.29. The van der Waals surface area contributed by atoms with Crippen LogP contribution in [0.5, 0.6) is 0 Å². The molecule has 0 amide bonds. The Morgan fingerprint density at radius 3 is 1.30 bits per heavy atom. The molecule has 0 heterocycles. The molecule has 10 heteroatoms. The van der Waals surface area contributed by atoms with Gasteiger partial charge in [0.1, 0.15) is 6.61 Å². The minimum Gasteiger partial charge on any atom is -0.462 e. The van der Waals surface area contributed by atoms with E-state index in [9.17, 15) is 19.0 Å². The van der Waals surface area contributed by atoms with Gasteiger partial charge >= 0.3 is 19.8 Å². The fourth-order valence-electron chi connectivity index (χ4n) is 7.19. The summed E-state index contributed by atoms with van der Waals surface area (Å²) >= 11 is 0. The Kier molecular flexibility index (Phi) is 46.3. The molecule has 0 fully saturated rings. The SMILES string of the molecule is CCCCCC=CCC=CCCCCCCCCCCCC(=O)O[C@H](COC(=O)CCCCCCCCCCCCCC=CCCCCCCCC)COP(=O)(O)OCCN. The molecule has 3 N–H and O–H groups in total. The van der Waals surface area contributed by atoms with Gasteiger partial charge in [0, 0.05) is 19.4 Å². The third-order valence-electron chi connectivity index (χ3n) is 11.0. The molecule has 0 aromatic heterocycles. The van der Waals surface area contributed by atoms with Crippen LogP contribution in [0.15, 0.2) is 36.5 Å². The van der Waals surface area contributed by atoms with Gasteiger partial charge in [-0.25, -0.2) is 4.57 Å². The molecule has 0 aliphatic heterocycles. The molecule has 0 aliphatic rings. The van der Waals surface area contributed by atoms with E-state index in [0.29, 0.717) is 6.42 Å². The molecule has 9 nitrogen and oxygen atoms in total. The van der Waals surface area contributed by atoms with Gasteiger partial charge in [0.15, 0.2) is 6.10 Å². The van der Waals surface area contributed by atoms with Crippen molar-refractivity contribution in [2.24, 2.45) is 5.73 Å². The van der Waals surface area contributed by atoms with Crippen LogP contribution in [0.3, 0.4) is 0 Å². The topological polar surface area (TPSA) is 134 Å². The van der Waals surface area contributed by atoms with Crippen molar-refractivity contribution in [2.75, 3.05) is 26.4 Å². The summed E-state index contributed by atoms with van der Waals surface area (Å²) in [6, 6.07) is 0. The van der Waals surface area contributed by atoms with E-state index in [1.165, 1.54) is 161 Å². The molecule has 0 bridgehead atoms. The highest BCUT2D eigenvalue weighted by molar-refractivity contribution is 7.47.